The number of rotatable bonds is 3. The predicted octanol–water partition coefficient (Wildman–Crippen LogP) is 2.42. The van der Waals surface area contributed by atoms with Gasteiger partial charge in [0, 0.05) is 30.2 Å². The van der Waals surface area contributed by atoms with Crippen molar-refractivity contribution in [2.45, 2.75) is 31.1 Å². The van der Waals surface area contributed by atoms with Gasteiger partial charge >= 0.3 is 0 Å². The number of nitrogens with zero attached hydrogens (tertiary/aromatic N) is 3. The van der Waals surface area contributed by atoms with Gasteiger partial charge in [0.2, 0.25) is 0 Å². The maximum atomic E-state index is 4.21. The quantitative estimate of drug-likeness (QED) is 0.796. The van der Waals surface area contributed by atoms with Gasteiger partial charge in [0.05, 0.1) is 6.20 Å². The second-order valence-corrected chi connectivity index (χ2v) is 6.26. The van der Waals surface area contributed by atoms with Crippen molar-refractivity contribution in [3.05, 3.63) is 18.0 Å². The predicted molar refractivity (Wildman–Crippen MR) is 69.6 cm³/mol. The molecule has 1 aromatic heterocycles. The van der Waals surface area contributed by atoms with Gasteiger partial charge in [-0.3, -0.25) is 9.58 Å². The summed E-state index contributed by atoms with van der Waals surface area (Å²) in [4.78, 5) is 3.19. The molecule has 1 aromatic rings. The van der Waals surface area contributed by atoms with Crippen molar-refractivity contribution in [1.82, 2.24) is 14.7 Å². The third-order valence-corrected chi connectivity index (χ3v) is 4.19. The molecule has 2 rings (SSSR count). The van der Waals surface area contributed by atoms with E-state index in [0.717, 1.165) is 12.5 Å². The van der Waals surface area contributed by atoms with Crippen LogP contribution in [0.25, 0.3) is 0 Å². The van der Waals surface area contributed by atoms with Gasteiger partial charge in [0.1, 0.15) is 0 Å². The second-order valence-electron chi connectivity index (χ2n) is 4.81. The smallest absolute Gasteiger partial charge is 0.0534 e. The number of alkyl halides is 1. The van der Waals surface area contributed by atoms with E-state index in [4.69, 9.17) is 0 Å². The first kappa shape index (κ1) is 12.1. The normalized spacial score (nSPS) is 21.2. The van der Waals surface area contributed by atoms with Crippen molar-refractivity contribution in [3.63, 3.8) is 0 Å². The van der Waals surface area contributed by atoms with Crippen molar-refractivity contribution in [3.8, 4) is 0 Å². The van der Waals surface area contributed by atoms with Crippen LogP contribution in [-0.2, 0) is 13.6 Å². The molecule has 0 aromatic carbocycles. The summed E-state index contributed by atoms with van der Waals surface area (Å²) in [6.45, 7) is 5.75. The first-order valence-corrected chi connectivity index (χ1v) is 6.90. The van der Waals surface area contributed by atoms with Crippen LogP contribution in [0, 0.1) is 5.92 Å². The van der Waals surface area contributed by atoms with Crippen molar-refractivity contribution in [1.29, 1.82) is 0 Å². The standard InChI is InChI=1S/C12H20BrN3/c1-10(13)12-3-5-16(6-4-12)9-11-7-14-15(2)8-11/h7-8,10,12H,3-6,9H2,1-2H3. The monoisotopic (exact) mass is 285 g/mol. The van der Waals surface area contributed by atoms with Gasteiger partial charge in [-0.05, 0) is 31.8 Å². The van der Waals surface area contributed by atoms with E-state index in [1.54, 1.807) is 0 Å². The average molecular weight is 286 g/mol. The number of hydrogen-bond acceptors (Lipinski definition) is 2. The lowest BCUT2D eigenvalue weighted by atomic mass is 9.94. The minimum Gasteiger partial charge on any atom is -0.299 e. The Morgan fingerprint density at radius 2 is 2.19 bits per heavy atom. The highest BCUT2D eigenvalue weighted by molar-refractivity contribution is 9.09. The Morgan fingerprint density at radius 3 is 2.69 bits per heavy atom. The highest BCUT2D eigenvalue weighted by atomic mass is 79.9. The van der Waals surface area contributed by atoms with E-state index in [0.29, 0.717) is 4.83 Å². The molecule has 0 saturated carbocycles. The number of likely N-dealkylation sites (tertiary alicyclic amines) is 1. The van der Waals surface area contributed by atoms with Gasteiger partial charge < -0.3 is 0 Å². The summed E-state index contributed by atoms with van der Waals surface area (Å²) in [5, 5.41) is 4.21. The molecule has 16 heavy (non-hydrogen) atoms. The van der Waals surface area contributed by atoms with Crippen LogP contribution in [0.3, 0.4) is 0 Å². The summed E-state index contributed by atoms with van der Waals surface area (Å²) in [7, 11) is 1.97. The highest BCUT2D eigenvalue weighted by Gasteiger charge is 2.22. The van der Waals surface area contributed by atoms with Gasteiger partial charge in [0.15, 0.2) is 0 Å². The van der Waals surface area contributed by atoms with Crippen LogP contribution >= 0.6 is 15.9 Å². The molecule has 0 radical (unpaired) electrons. The molecule has 1 aliphatic rings. The summed E-state index contributed by atoms with van der Waals surface area (Å²) >= 11 is 3.69. The molecule has 1 unspecified atom stereocenters. The van der Waals surface area contributed by atoms with Gasteiger partial charge in [-0.1, -0.05) is 22.9 Å². The van der Waals surface area contributed by atoms with Crippen molar-refractivity contribution < 1.29 is 0 Å². The van der Waals surface area contributed by atoms with E-state index in [9.17, 15) is 0 Å². The van der Waals surface area contributed by atoms with Crippen molar-refractivity contribution >= 4 is 15.9 Å². The molecular weight excluding hydrogens is 266 g/mol. The number of aromatic nitrogens is 2. The lowest BCUT2D eigenvalue weighted by molar-refractivity contribution is 0.178. The third kappa shape index (κ3) is 3.08. The summed E-state index contributed by atoms with van der Waals surface area (Å²) in [5.74, 6) is 0.852. The van der Waals surface area contributed by atoms with Gasteiger partial charge in [-0.2, -0.15) is 5.10 Å². The highest BCUT2D eigenvalue weighted by Crippen LogP contribution is 2.25. The Labute approximate surface area is 106 Å². The Morgan fingerprint density at radius 1 is 1.50 bits per heavy atom. The molecule has 1 fully saturated rings. The number of halogens is 1. The molecule has 0 aliphatic carbocycles. The lowest BCUT2D eigenvalue weighted by Gasteiger charge is -2.32. The summed E-state index contributed by atoms with van der Waals surface area (Å²) < 4.78 is 1.88. The van der Waals surface area contributed by atoms with Crippen LogP contribution in [0.15, 0.2) is 12.4 Å². The fraction of sp³-hybridized carbons (Fsp3) is 0.750. The Hall–Kier alpha value is -0.350. The Kier molecular flexibility index (Phi) is 4.03. The van der Waals surface area contributed by atoms with E-state index in [-0.39, 0.29) is 0 Å². The molecule has 3 nitrogen and oxygen atoms in total. The SMILES string of the molecule is CC(Br)C1CCN(Cc2cnn(C)c2)CC1. The molecule has 0 spiro atoms. The second kappa shape index (κ2) is 5.32. The molecule has 1 atom stereocenters. The molecule has 90 valence electrons. The number of hydrogen-bond donors (Lipinski definition) is 0. The zero-order chi connectivity index (χ0) is 11.5. The van der Waals surface area contributed by atoms with Gasteiger partial charge in [0.25, 0.3) is 0 Å². The Bertz CT molecular complexity index is 327. The average Bonchev–Trinajstić information content (AvgIpc) is 2.65. The first-order chi connectivity index (χ1) is 7.65. The maximum absolute atomic E-state index is 4.21. The maximum Gasteiger partial charge on any atom is 0.0534 e. The molecule has 1 saturated heterocycles. The van der Waals surface area contributed by atoms with Crippen molar-refractivity contribution in [2.24, 2.45) is 13.0 Å². The lowest BCUT2D eigenvalue weighted by Crippen LogP contribution is -2.35. The fourth-order valence-corrected chi connectivity index (χ4v) is 2.91. The molecule has 0 amide bonds. The molecular formula is C12H20BrN3. The fourth-order valence-electron chi connectivity index (χ4n) is 2.38. The summed E-state index contributed by atoms with van der Waals surface area (Å²) in [5.41, 5.74) is 1.33. The minimum atomic E-state index is 0.660. The molecule has 1 aliphatic heterocycles. The zero-order valence-corrected chi connectivity index (χ0v) is 11.7. The third-order valence-electron chi connectivity index (χ3n) is 3.45. The number of piperidine rings is 1. The summed E-state index contributed by atoms with van der Waals surface area (Å²) in [6.07, 6.45) is 6.71. The Balaban J connectivity index is 1.81. The van der Waals surface area contributed by atoms with Gasteiger partial charge in [-0.15, -0.1) is 0 Å². The number of aryl methyl sites for hydroxylation is 1. The topological polar surface area (TPSA) is 21.1 Å². The molecule has 2 heterocycles. The molecule has 4 heteroatoms. The largest absolute Gasteiger partial charge is 0.299 e. The van der Waals surface area contributed by atoms with E-state index >= 15 is 0 Å². The van der Waals surface area contributed by atoms with E-state index in [1.165, 1.54) is 31.5 Å². The van der Waals surface area contributed by atoms with Crippen LogP contribution in [0.1, 0.15) is 25.3 Å². The van der Waals surface area contributed by atoms with Crippen LogP contribution in [0.4, 0.5) is 0 Å². The van der Waals surface area contributed by atoms with E-state index < -0.39 is 0 Å². The first-order valence-electron chi connectivity index (χ1n) is 5.99. The minimum absolute atomic E-state index is 0.660. The zero-order valence-electron chi connectivity index (χ0n) is 10.1. The van der Waals surface area contributed by atoms with Crippen LogP contribution in [0.2, 0.25) is 0 Å². The van der Waals surface area contributed by atoms with Crippen LogP contribution < -0.4 is 0 Å². The van der Waals surface area contributed by atoms with Gasteiger partial charge in [-0.25, -0.2) is 0 Å². The summed E-state index contributed by atoms with van der Waals surface area (Å²) in [6, 6.07) is 0. The van der Waals surface area contributed by atoms with E-state index in [2.05, 4.69) is 39.0 Å². The van der Waals surface area contributed by atoms with Crippen molar-refractivity contribution in [2.75, 3.05) is 13.1 Å². The van der Waals surface area contributed by atoms with Crippen LogP contribution in [-0.4, -0.2) is 32.6 Å². The molecule has 0 bridgehead atoms. The van der Waals surface area contributed by atoms with E-state index in [1.807, 2.05) is 17.9 Å². The molecule has 0 N–H and O–H groups in total. The van der Waals surface area contributed by atoms with Crippen LogP contribution in [0.5, 0.6) is 0 Å².